The Balaban J connectivity index is 2.37. The van der Waals surface area contributed by atoms with Crippen LogP contribution in [0.2, 0.25) is 0 Å². The van der Waals surface area contributed by atoms with E-state index in [2.05, 4.69) is 16.0 Å². The summed E-state index contributed by atoms with van der Waals surface area (Å²) < 4.78 is 1.81. The van der Waals surface area contributed by atoms with Crippen molar-refractivity contribution in [2.24, 2.45) is 5.73 Å². The lowest BCUT2D eigenvalue weighted by Crippen LogP contribution is -2.09. The maximum atomic E-state index is 5.57. The molecule has 0 aliphatic carbocycles. The number of pyridine rings is 1. The Morgan fingerprint density at radius 1 is 1.47 bits per heavy atom. The Morgan fingerprint density at radius 2 is 2.35 bits per heavy atom. The second-order valence-electron chi connectivity index (χ2n) is 3.66. The third kappa shape index (κ3) is 2.52. The van der Waals surface area contributed by atoms with Gasteiger partial charge in [-0.2, -0.15) is 5.10 Å². The summed E-state index contributed by atoms with van der Waals surface area (Å²) in [5, 5.41) is 4.47. The molecule has 17 heavy (non-hydrogen) atoms. The topological polar surface area (TPSA) is 56.7 Å². The molecule has 4 nitrogen and oxygen atoms in total. The Kier molecular flexibility index (Phi) is 3.53. The van der Waals surface area contributed by atoms with Gasteiger partial charge in [0.15, 0.2) is 0 Å². The van der Waals surface area contributed by atoms with Crippen molar-refractivity contribution in [1.29, 1.82) is 0 Å². The molecule has 2 rings (SSSR count). The lowest BCUT2D eigenvalue weighted by molar-refractivity contribution is 0.667. The van der Waals surface area contributed by atoms with Gasteiger partial charge in [-0.3, -0.25) is 9.67 Å². The van der Waals surface area contributed by atoms with Crippen molar-refractivity contribution in [3.63, 3.8) is 0 Å². The third-order valence-electron chi connectivity index (χ3n) is 2.46. The average Bonchev–Trinajstić information content (AvgIpc) is 2.75. The van der Waals surface area contributed by atoms with Crippen LogP contribution in [0.3, 0.4) is 0 Å². The molecule has 0 unspecified atom stereocenters. The zero-order valence-electron chi connectivity index (χ0n) is 9.50. The molecule has 0 atom stereocenters. The van der Waals surface area contributed by atoms with E-state index in [1.807, 2.05) is 22.9 Å². The predicted octanol–water partition coefficient (Wildman–Crippen LogP) is 1.08. The van der Waals surface area contributed by atoms with Gasteiger partial charge in [-0.1, -0.05) is 5.92 Å². The van der Waals surface area contributed by atoms with Crippen LogP contribution in [0.1, 0.15) is 5.69 Å². The molecule has 0 amide bonds. The van der Waals surface area contributed by atoms with Crippen molar-refractivity contribution < 1.29 is 0 Å². The zero-order chi connectivity index (χ0) is 12.1. The van der Waals surface area contributed by atoms with Crippen molar-refractivity contribution in [3.8, 4) is 23.6 Å². The predicted molar refractivity (Wildman–Crippen MR) is 67.0 cm³/mol. The Bertz CT molecular complexity index is 522. The first-order valence-corrected chi connectivity index (χ1v) is 5.46. The van der Waals surface area contributed by atoms with E-state index >= 15 is 0 Å². The zero-order valence-corrected chi connectivity index (χ0v) is 9.50. The number of hydrogen-bond donors (Lipinski definition) is 1. The van der Waals surface area contributed by atoms with Gasteiger partial charge >= 0.3 is 0 Å². The molecule has 2 aromatic rings. The largest absolute Gasteiger partial charge is 0.330 e. The molecular weight excluding hydrogens is 212 g/mol. The number of aromatic nitrogens is 3. The molecule has 86 valence electrons. The summed E-state index contributed by atoms with van der Waals surface area (Å²) in [6.07, 6.45) is 9.62. The summed E-state index contributed by atoms with van der Waals surface area (Å²) >= 11 is 0. The van der Waals surface area contributed by atoms with Crippen LogP contribution < -0.4 is 5.73 Å². The first-order valence-electron chi connectivity index (χ1n) is 5.46. The van der Waals surface area contributed by atoms with Crippen LogP contribution in [0.4, 0.5) is 0 Å². The van der Waals surface area contributed by atoms with E-state index in [0.29, 0.717) is 13.1 Å². The van der Waals surface area contributed by atoms with Crippen LogP contribution in [-0.2, 0) is 13.0 Å². The number of hydrogen-bond acceptors (Lipinski definition) is 3. The second kappa shape index (κ2) is 5.28. The molecule has 0 radical (unpaired) electrons. The molecule has 4 heteroatoms. The minimum Gasteiger partial charge on any atom is -0.330 e. The number of rotatable bonds is 4. The lowest BCUT2D eigenvalue weighted by Gasteiger charge is -2.00. The molecule has 0 aromatic carbocycles. The van der Waals surface area contributed by atoms with Crippen LogP contribution in [-0.4, -0.2) is 21.3 Å². The summed E-state index contributed by atoms with van der Waals surface area (Å²) in [6, 6.07) is 5.88. The van der Waals surface area contributed by atoms with E-state index in [4.69, 9.17) is 12.2 Å². The van der Waals surface area contributed by atoms with E-state index in [-0.39, 0.29) is 0 Å². The normalized spacial score (nSPS) is 10.1. The van der Waals surface area contributed by atoms with Crippen LogP contribution in [0.25, 0.3) is 11.3 Å². The molecule has 2 aromatic heterocycles. The molecular formula is C13H14N4. The highest BCUT2D eigenvalue weighted by molar-refractivity contribution is 5.57. The molecule has 0 bridgehead atoms. The van der Waals surface area contributed by atoms with Gasteiger partial charge in [0.05, 0.1) is 5.69 Å². The van der Waals surface area contributed by atoms with E-state index < -0.39 is 0 Å². The van der Waals surface area contributed by atoms with Gasteiger partial charge in [0.25, 0.3) is 0 Å². The standard InChI is InChI=1S/C13H14N4/c1-2-8-17-12(5-6-14)9-13(16-17)11-4-3-7-15-10-11/h1,3-4,7,9-10H,5-6,8,14H2. The number of nitrogens with two attached hydrogens (primary N) is 1. The fourth-order valence-electron chi connectivity index (χ4n) is 1.68. The molecule has 2 N–H and O–H groups in total. The van der Waals surface area contributed by atoms with Crippen LogP contribution in [0.5, 0.6) is 0 Å². The number of terminal acetylenes is 1. The summed E-state index contributed by atoms with van der Waals surface area (Å²) in [5.41, 5.74) is 8.50. The quantitative estimate of drug-likeness (QED) is 0.794. The van der Waals surface area contributed by atoms with Gasteiger partial charge in [0, 0.05) is 30.1 Å². The van der Waals surface area contributed by atoms with E-state index in [0.717, 1.165) is 23.4 Å². The van der Waals surface area contributed by atoms with E-state index in [9.17, 15) is 0 Å². The van der Waals surface area contributed by atoms with Gasteiger partial charge in [-0.05, 0) is 24.7 Å². The van der Waals surface area contributed by atoms with Gasteiger partial charge in [0.2, 0.25) is 0 Å². The highest BCUT2D eigenvalue weighted by Gasteiger charge is 2.08. The summed E-state index contributed by atoms with van der Waals surface area (Å²) in [5.74, 6) is 2.59. The summed E-state index contributed by atoms with van der Waals surface area (Å²) in [7, 11) is 0. The lowest BCUT2D eigenvalue weighted by atomic mass is 10.2. The Hall–Kier alpha value is -2.12. The molecule has 0 aliphatic heterocycles. The van der Waals surface area contributed by atoms with Gasteiger partial charge < -0.3 is 5.73 Å². The van der Waals surface area contributed by atoms with Crippen LogP contribution >= 0.6 is 0 Å². The van der Waals surface area contributed by atoms with E-state index in [1.54, 1.807) is 12.4 Å². The van der Waals surface area contributed by atoms with Crippen LogP contribution in [0, 0.1) is 12.3 Å². The highest BCUT2D eigenvalue weighted by atomic mass is 15.3. The van der Waals surface area contributed by atoms with Crippen LogP contribution in [0.15, 0.2) is 30.6 Å². The van der Waals surface area contributed by atoms with Gasteiger partial charge in [0.1, 0.15) is 6.54 Å². The second-order valence-corrected chi connectivity index (χ2v) is 3.66. The van der Waals surface area contributed by atoms with Crippen molar-refractivity contribution in [1.82, 2.24) is 14.8 Å². The smallest absolute Gasteiger partial charge is 0.102 e. The molecule has 0 spiro atoms. The van der Waals surface area contributed by atoms with Crippen molar-refractivity contribution in [2.45, 2.75) is 13.0 Å². The Labute approximate surface area is 100 Å². The van der Waals surface area contributed by atoms with Gasteiger partial charge in [-0.25, -0.2) is 0 Å². The minimum absolute atomic E-state index is 0.468. The molecule has 0 saturated heterocycles. The summed E-state index contributed by atoms with van der Waals surface area (Å²) in [4.78, 5) is 4.08. The molecule has 0 aliphatic rings. The van der Waals surface area contributed by atoms with Crippen molar-refractivity contribution in [2.75, 3.05) is 6.54 Å². The molecule has 0 saturated carbocycles. The van der Waals surface area contributed by atoms with Crippen molar-refractivity contribution >= 4 is 0 Å². The minimum atomic E-state index is 0.468. The SMILES string of the molecule is C#CCn1nc(-c2cccnc2)cc1CCN. The monoisotopic (exact) mass is 226 g/mol. The van der Waals surface area contributed by atoms with Crippen molar-refractivity contribution in [3.05, 3.63) is 36.3 Å². The fourth-order valence-corrected chi connectivity index (χ4v) is 1.68. The number of nitrogens with zero attached hydrogens (tertiary/aromatic N) is 3. The average molecular weight is 226 g/mol. The maximum absolute atomic E-state index is 5.57. The summed E-state index contributed by atoms with van der Waals surface area (Å²) in [6.45, 7) is 1.05. The van der Waals surface area contributed by atoms with E-state index in [1.165, 1.54) is 0 Å². The highest BCUT2D eigenvalue weighted by Crippen LogP contribution is 2.18. The first-order chi connectivity index (χ1) is 8.35. The maximum Gasteiger partial charge on any atom is 0.102 e. The fraction of sp³-hybridized carbons (Fsp3) is 0.231. The molecule has 2 heterocycles. The Morgan fingerprint density at radius 3 is 3.00 bits per heavy atom. The molecule has 0 fully saturated rings. The van der Waals surface area contributed by atoms with Gasteiger partial charge in [-0.15, -0.1) is 6.42 Å². The third-order valence-corrected chi connectivity index (χ3v) is 2.46. The first kappa shape index (κ1) is 11.4.